The SMILES string of the molecule is CNCCCc1noc(Cc2ccccc2O)n1. The molecule has 0 saturated heterocycles. The Labute approximate surface area is 106 Å². The molecule has 0 spiro atoms. The van der Waals surface area contributed by atoms with Crippen LogP contribution in [0.4, 0.5) is 0 Å². The number of phenolic OH excluding ortho intramolecular Hbond substituents is 1. The molecule has 0 fully saturated rings. The van der Waals surface area contributed by atoms with Crippen LogP contribution in [-0.2, 0) is 12.8 Å². The maximum atomic E-state index is 9.65. The highest BCUT2D eigenvalue weighted by Gasteiger charge is 2.09. The number of nitrogens with one attached hydrogen (secondary N) is 1. The molecule has 2 rings (SSSR count). The maximum absolute atomic E-state index is 9.65. The fourth-order valence-electron chi connectivity index (χ4n) is 1.71. The van der Waals surface area contributed by atoms with Crippen LogP contribution in [0.25, 0.3) is 0 Å². The van der Waals surface area contributed by atoms with Gasteiger partial charge in [0.1, 0.15) is 5.75 Å². The standard InChI is InChI=1S/C13H17N3O2/c1-14-8-4-7-12-15-13(18-16-12)9-10-5-2-3-6-11(10)17/h2-3,5-6,14,17H,4,7-9H2,1H3. The summed E-state index contributed by atoms with van der Waals surface area (Å²) in [5.41, 5.74) is 0.794. The number of aromatic hydroxyl groups is 1. The summed E-state index contributed by atoms with van der Waals surface area (Å²) in [6.45, 7) is 0.934. The molecule has 0 aliphatic rings. The average Bonchev–Trinajstić information content (AvgIpc) is 2.80. The Hall–Kier alpha value is -1.88. The first-order valence-corrected chi connectivity index (χ1v) is 6.02. The zero-order chi connectivity index (χ0) is 12.8. The second-order valence-corrected chi connectivity index (χ2v) is 4.12. The van der Waals surface area contributed by atoms with E-state index >= 15 is 0 Å². The monoisotopic (exact) mass is 247 g/mol. The Morgan fingerprint density at radius 2 is 2.17 bits per heavy atom. The van der Waals surface area contributed by atoms with Gasteiger partial charge in [-0.3, -0.25) is 0 Å². The van der Waals surface area contributed by atoms with Gasteiger partial charge in [0.05, 0.1) is 6.42 Å². The van der Waals surface area contributed by atoms with E-state index in [1.165, 1.54) is 0 Å². The molecule has 0 aliphatic heterocycles. The maximum Gasteiger partial charge on any atom is 0.231 e. The fourth-order valence-corrected chi connectivity index (χ4v) is 1.71. The summed E-state index contributed by atoms with van der Waals surface area (Å²) in [6, 6.07) is 7.16. The van der Waals surface area contributed by atoms with Gasteiger partial charge in [0.15, 0.2) is 5.82 Å². The lowest BCUT2D eigenvalue weighted by Crippen LogP contribution is -2.08. The molecule has 0 radical (unpaired) electrons. The topological polar surface area (TPSA) is 71.2 Å². The molecule has 2 N–H and O–H groups in total. The second-order valence-electron chi connectivity index (χ2n) is 4.12. The molecule has 1 aromatic heterocycles. The van der Waals surface area contributed by atoms with Gasteiger partial charge in [-0.05, 0) is 26.1 Å². The van der Waals surface area contributed by atoms with Gasteiger partial charge in [0.2, 0.25) is 5.89 Å². The summed E-state index contributed by atoms with van der Waals surface area (Å²) < 4.78 is 5.16. The molecule has 18 heavy (non-hydrogen) atoms. The third-order valence-electron chi connectivity index (χ3n) is 2.67. The van der Waals surface area contributed by atoms with E-state index in [2.05, 4.69) is 15.5 Å². The molecule has 0 bridgehead atoms. The Balaban J connectivity index is 1.96. The molecule has 96 valence electrons. The van der Waals surface area contributed by atoms with Crippen molar-refractivity contribution in [2.24, 2.45) is 0 Å². The average molecular weight is 247 g/mol. The first-order chi connectivity index (χ1) is 8.79. The fraction of sp³-hybridized carbons (Fsp3) is 0.385. The number of hydrogen-bond donors (Lipinski definition) is 2. The van der Waals surface area contributed by atoms with Crippen molar-refractivity contribution in [3.8, 4) is 5.75 Å². The van der Waals surface area contributed by atoms with Gasteiger partial charge in [0, 0.05) is 12.0 Å². The number of para-hydroxylation sites is 1. The molecule has 0 atom stereocenters. The van der Waals surface area contributed by atoms with Crippen LogP contribution in [0, 0.1) is 0 Å². The van der Waals surface area contributed by atoms with Crippen molar-refractivity contribution in [3.63, 3.8) is 0 Å². The van der Waals surface area contributed by atoms with Crippen molar-refractivity contribution >= 4 is 0 Å². The molecular weight excluding hydrogens is 230 g/mol. The van der Waals surface area contributed by atoms with Crippen molar-refractivity contribution in [1.29, 1.82) is 0 Å². The lowest BCUT2D eigenvalue weighted by molar-refractivity contribution is 0.376. The predicted octanol–water partition coefficient (Wildman–Crippen LogP) is 1.52. The zero-order valence-corrected chi connectivity index (χ0v) is 10.4. The minimum atomic E-state index is 0.257. The van der Waals surface area contributed by atoms with E-state index in [0.29, 0.717) is 12.3 Å². The number of hydrogen-bond acceptors (Lipinski definition) is 5. The Morgan fingerprint density at radius 1 is 1.33 bits per heavy atom. The Morgan fingerprint density at radius 3 is 2.94 bits per heavy atom. The number of nitrogens with zero attached hydrogens (tertiary/aromatic N) is 2. The van der Waals surface area contributed by atoms with E-state index in [4.69, 9.17) is 4.52 Å². The number of phenols is 1. The summed E-state index contributed by atoms with van der Waals surface area (Å²) in [6.07, 6.45) is 2.24. The highest BCUT2D eigenvalue weighted by Crippen LogP contribution is 2.18. The molecule has 1 heterocycles. The summed E-state index contributed by atoms with van der Waals surface area (Å²) in [5.74, 6) is 1.51. The van der Waals surface area contributed by atoms with Crippen molar-refractivity contribution in [3.05, 3.63) is 41.5 Å². The van der Waals surface area contributed by atoms with Crippen LogP contribution < -0.4 is 5.32 Å². The Bertz CT molecular complexity index is 496. The van der Waals surface area contributed by atoms with E-state index < -0.39 is 0 Å². The van der Waals surface area contributed by atoms with Crippen molar-refractivity contribution in [2.45, 2.75) is 19.3 Å². The number of aromatic nitrogens is 2. The minimum absolute atomic E-state index is 0.257. The second kappa shape index (κ2) is 6.16. The number of benzene rings is 1. The summed E-state index contributed by atoms with van der Waals surface area (Å²) >= 11 is 0. The van der Waals surface area contributed by atoms with Crippen LogP contribution in [0.1, 0.15) is 23.7 Å². The molecule has 2 aromatic rings. The first-order valence-electron chi connectivity index (χ1n) is 6.02. The van der Waals surface area contributed by atoms with Crippen LogP contribution >= 0.6 is 0 Å². The minimum Gasteiger partial charge on any atom is -0.508 e. The molecule has 0 unspecified atom stereocenters. The van der Waals surface area contributed by atoms with Crippen LogP contribution in [0.2, 0.25) is 0 Å². The normalized spacial score (nSPS) is 10.7. The van der Waals surface area contributed by atoms with Crippen molar-refractivity contribution in [1.82, 2.24) is 15.5 Å². The quantitative estimate of drug-likeness (QED) is 0.757. The third-order valence-corrected chi connectivity index (χ3v) is 2.67. The van der Waals surface area contributed by atoms with E-state index in [-0.39, 0.29) is 5.75 Å². The molecule has 5 nitrogen and oxygen atoms in total. The molecule has 1 aromatic carbocycles. The molecule has 0 aliphatic carbocycles. The van der Waals surface area contributed by atoms with Crippen LogP contribution in [0.3, 0.4) is 0 Å². The van der Waals surface area contributed by atoms with Crippen molar-refractivity contribution in [2.75, 3.05) is 13.6 Å². The van der Waals surface area contributed by atoms with E-state index in [0.717, 1.165) is 30.8 Å². The third kappa shape index (κ3) is 3.30. The highest BCUT2D eigenvalue weighted by atomic mass is 16.5. The number of rotatable bonds is 6. The van der Waals surface area contributed by atoms with Crippen LogP contribution in [-0.4, -0.2) is 28.8 Å². The summed E-state index contributed by atoms with van der Waals surface area (Å²) in [5, 5.41) is 16.6. The predicted molar refractivity (Wildman–Crippen MR) is 67.5 cm³/mol. The van der Waals surface area contributed by atoms with Gasteiger partial charge in [-0.15, -0.1) is 0 Å². The molecule has 5 heteroatoms. The lowest BCUT2D eigenvalue weighted by atomic mass is 10.1. The highest BCUT2D eigenvalue weighted by molar-refractivity contribution is 5.33. The Kier molecular flexibility index (Phi) is 4.30. The largest absolute Gasteiger partial charge is 0.508 e. The first kappa shape index (κ1) is 12.6. The zero-order valence-electron chi connectivity index (χ0n) is 10.4. The van der Waals surface area contributed by atoms with Gasteiger partial charge in [-0.1, -0.05) is 23.4 Å². The lowest BCUT2D eigenvalue weighted by Gasteiger charge is -1.99. The van der Waals surface area contributed by atoms with E-state index in [9.17, 15) is 5.11 Å². The van der Waals surface area contributed by atoms with Crippen molar-refractivity contribution < 1.29 is 9.63 Å². The van der Waals surface area contributed by atoms with Gasteiger partial charge in [-0.2, -0.15) is 4.98 Å². The van der Waals surface area contributed by atoms with E-state index in [1.54, 1.807) is 12.1 Å². The molecular formula is C13H17N3O2. The molecule has 0 saturated carbocycles. The summed E-state index contributed by atoms with van der Waals surface area (Å²) in [4.78, 5) is 4.30. The van der Waals surface area contributed by atoms with Crippen LogP contribution in [0.15, 0.2) is 28.8 Å². The van der Waals surface area contributed by atoms with Gasteiger partial charge in [0.25, 0.3) is 0 Å². The van der Waals surface area contributed by atoms with Gasteiger partial charge in [-0.25, -0.2) is 0 Å². The van der Waals surface area contributed by atoms with Crippen LogP contribution in [0.5, 0.6) is 5.75 Å². The smallest absolute Gasteiger partial charge is 0.231 e. The van der Waals surface area contributed by atoms with Gasteiger partial charge < -0.3 is 14.9 Å². The van der Waals surface area contributed by atoms with Gasteiger partial charge >= 0.3 is 0 Å². The van der Waals surface area contributed by atoms with E-state index in [1.807, 2.05) is 19.2 Å². The number of aryl methyl sites for hydroxylation is 1. The molecule has 0 amide bonds. The summed E-state index contributed by atoms with van der Waals surface area (Å²) in [7, 11) is 1.92.